The molecule has 0 spiro atoms. The Bertz CT molecular complexity index is 908. The second-order valence-electron chi connectivity index (χ2n) is 7.26. The standard InChI is InChI=1S/C19H24ClN5OS/c1-9(2)12(5)21-17-14(15-10(3)7-8-27-15)16(20)22-19(23-17)25-18(26)11(4)13(6)24-25/h7-9,11-12H,1-6H3,(H,21,22,23). The molecule has 0 radical (unpaired) electrons. The van der Waals surface area contributed by atoms with Crippen LogP contribution in [-0.2, 0) is 4.79 Å². The Kier molecular flexibility index (Phi) is 5.53. The highest BCUT2D eigenvalue weighted by Crippen LogP contribution is 2.40. The van der Waals surface area contributed by atoms with E-state index < -0.39 is 0 Å². The molecule has 0 fully saturated rings. The van der Waals surface area contributed by atoms with E-state index in [1.54, 1.807) is 11.3 Å². The van der Waals surface area contributed by atoms with Crippen LogP contribution in [0.15, 0.2) is 16.5 Å². The Balaban J connectivity index is 2.13. The third kappa shape index (κ3) is 3.71. The first-order chi connectivity index (χ1) is 12.7. The predicted octanol–water partition coefficient (Wildman–Crippen LogP) is 4.98. The van der Waals surface area contributed by atoms with E-state index in [0.29, 0.717) is 16.9 Å². The summed E-state index contributed by atoms with van der Waals surface area (Å²) in [5, 5.41) is 11.4. The van der Waals surface area contributed by atoms with Crippen LogP contribution >= 0.6 is 22.9 Å². The van der Waals surface area contributed by atoms with Gasteiger partial charge in [0.25, 0.3) is 11.9 Å². The first kappa shape index (κ1) is 19.8. The molecule has 2 aromatic rings. The summed E-state index contributed by atoms with van der Waals surface area (Å²) in [7, 11) is 0. The van der Waals surface area contributed by atoms with Crippen molar-refractivity contribution in [2.24, 2.45) is 16.9 Å². The summed E-state index contributed by atoms with van der Waals surface area (Å²) in [5.41, 5.74) is 2.61. The molecule has 1 amide bonds. The first-order valence-corrected chi connectivity index (χ1v) is 10.2. The van der Waals surface area contributed by atoms with Crippen molar-refractivity contribution in [3.8, 4) is 10.4 Å². The van der Waals surface area contributed by atoms with Crippen molar-refractivity contribution in [3.63, 3.8) is 0 Å². The number of rotatable bonds is 5. The van der Waals surface area contributed by atoms with Gasteiger partial charge in [-0.25, -0.2) is 0 Å². The van der Waals surface area contributed by atoms with Gasteiger partial charge < -0.3 is 5.32 Å². The average molecular weight is 406 g/mol. The summed E-state index contributed by atoms with van der Waals surface area (Å²) < 4.78 is 0. The molecule has 1 N–H and O–H groups in total. The molecule has 2 unspecified atom stereocenters. The molecular weight excluding hydrogens is 382 g/mol. The van der Waals surface area contributed by atoms with Crippen LogP contribution in [0.3, 0.4) is 0 Å². The van der Waals surface area contributed by atoms with Crippen LogP contribution in [0, 0.1) is 18.8 Å². The maximum atomic E-state index is 12.5. The van der Waals surface area contributed by atoms with Crippen molar-refractivity contribution < 1.29 is 4.79 Å². The highest BCUT2D eigenvalue weighted by Gasteiger charge is 2.33. The minimum atomic E-state index is -0.280. The van der Waals surface area contributed by atoms with Crippen molar-refractivity contribution in [1.82, 2.24) is 9.97 Å². The fourth-order valence-corrected chi connectivity index (χ4v) is 3.92. The van der Waals surface area contributed by atoms with Gasteiger partial charge in [-0.2, -0.15) is 20.1 Å². The van der Waals surface area contributed by atoms with E-state index in [1.807, 2.05) is 32.2 Å². The zero-order chi connectivity index (χ0) is 19.9. The molecule has 144 valence electrons. The summed E-state index contributed by atoms with van der Waals surface area (Å²) in [6, 6.07) is 2.21. The van der Waals surface area contributed by atoms with Crippen molar-refractivity contribution in [1.29, 1.82) is 0 Å². The summed E-state index contributed by atoms with van der Waals surface area (Å²) in [5.74, 6) is 0.791. The first-order valence-electron chi connectivity index (χ1n) is 8.98. The van der Waals surface area contributed by atoms with Crippen LogP contribution in [0.4, 0.5) is 11.8 Å². The van der Waals surface area contributed by atoms with E-state index >= 15 is 0 Å². The van der Waals surface area contributed by atoms with Crippen LogP contribution in [0.5, 0.6) is 0 Å². The number of halogens is 1. The molecule has 1 aliphatic heterocycles. The van der Waals surface area contributed by atoms with Gasteiger partial charge in [-0.3, -0.25) is 4.79 Å². The zero-order valence-electron chi connectivity index (χ0n) is 16.4. The number of aromatic nitrogens is 2. The number of amides is 1. The summed E-state index contributed by atoms with van der Waals surface area (Å²) >= 11 is 8.18. The van der Waals surface area contributed by atoms with Crippen molar-refractivity contribution in [2.45, 2.75) is 47.6 Å². The summed E-state index contributed by atoms with van der Waals surface area (Å²) in [4.78, 5) is 22.6. The minimum Gasteiger partial charge on any atom is -0.367 e. The lowest BCUT2D eigenvalue weighted by Crippen LogP contribution is -2.28. The van der Waals surface area contributed by atoms with E-state index in [0.717, 1.165) is 21.7 Å². The Labute approximate surface area is 168 Å². The summed E-state index contributed by atoms with van der Waals surface area (Å²) in [6.45, 7) is 12.1. The number of nitrogens with zero attached hydrogens (tertiary/aromatic N) is 4. The van der Waals surface area contributed by atoms with E-state index in [1.165, 1.54) is 5.01 Å². The second-order valence-corrected chi connectivity index (χ2v) is 8.54. The minimum absolute atomic E-state index is 0.147. The fourth-order valence-electron chi connectivity index (χ4n) is 2.63. The fraction of sp³-hybridized carbons (Fsp3) is 0.474. The molecule has 3 heterocycles. The average Bonchev–Trinajstić information content (AvgIpc) is 3.13. The van der Waals surface area contributed by atoms with Crippen LogP contribution in [-0.4, -0.2) is 27.6 Å². The van der Waals surface area contributed by atoms with Gasteiger partial charge in [0.15, 0.2) is 0 Å². The molecule has 0 saturated carbocycles. The van der Waals surface area contributed by atoms with Gasteiger partial charge in [-0.1, -0.05) is 25.4 Å². The highest BCUT2D eigenvalue weighted by atomic mass is 35.5. The number of hydrogen-bond acceptors (Lipinski definition) is 6. The second kappa shape index (κ2) is 7.56. The predicted molar refractivity (Wildman–Crippen MR) is 113 cm³/mol. The molecule has 27 heavy (non-hydrogen) atoms. The Morgan fingerprint density at radius 3 is 2.48 bits per heavy atom. The number of hydrazone groups is 1. The van der Waals surface area contributed by atoms with Crippen molar-refractivity contribution in [2.75, 3.05) is 10.3 Å². The molecule has 6 nitrogen and oxygen atoms in total. The third-order valence-electron chi connectivity index (χ3n) is 4.96. The zero-order valence-corrected chi connectivity index (χ0v) is 17.9. The highest BCUT2D eigenvalue weighted by molar-refractivity contribution is 7.13. The Morgan fingerprint density at radius 1 is 1.26 bits per heavy atom. The van der Waals surface area contributed by atoms with E-state index in [2.05, 4.69) is 41.2 Å². The number of nitrogens with one attached hydrogen (secondary N) is 1. The van der Waals surface area contributed by atoms with Gasteiger partial charge in [0.2, 0.25) is 0 Å². The number of carbonyl (C=O) groups excluding carboxylic acids is 1. The van der Waals surface area contributed by atoms with Gasteiger partial charge >= 0.3 is 0 Å². The molecule has 1 aliphatic rings. The lowest BCUT2D eigenvalue weighted by molar-refractivity contribution is -0.119. The number of anilines is 2. The van der Waals surface area contributed by atoms with Crippen LogP contribution in [0.2, 0.25) is 5.15 Å². The smallest absolute Gasteiger partial charge is 0.258 e. The molecule has 0 saturated heterocycles. The van der Waals surface area contributed by atoms with E-state index in [4.69, 9.17) is 11.6 Å². The lowest BCUT2D eigenvalue weighted by Gasteiger charge is -2.22. The van der Waals surface area contributed by atoms with Gasteiger partial charge in [0.1, 0.15) is 11.0 Å². The maximum Gasteiger partial charge on any atom is 0.258 e. The van der Waals surface area contributed by atoms with Gasteiger partial charge in [-0.15, -0.1) is 11.3 Å². The van der Waals surface area contributed by atoms with Crippen molar-refractivity contribution >= 4 is 46.3 Å². The van der Waals surface area contributed by atoms with E-state index in [9.17, 15) is 4.79 Å². The van der Waals surface area contributed by atoms with E-state index in [-0.39, 0.29) is 23.8 Å². The lowest BCUT2D eigenvalue weighted by atomic mass is 10.1. The summed E-state index contributed by atoms with van der Waals surface area (Å²) in [6.07, 6.45) is 0. The number of aryl methyl sites for hydroxylation is 1. The molecule has 3 rings (SSSR count). The normalized spacial score (nSPS) is 18.2. The Hall–Kier alpha value is -1.99. The molecule has 2 atom stereocenters. The SMILES string of the molecule is CC1=NN(c2nc(Cl)c(-c3sccc3C)c(NC(C)C(C)C)n2)C(=O)C1C. The monoisotopic (exact) mass is 405 g/mol. The third-order valence-corrected chi connectivity index (χ3v) is 6.27. The van der Waals surface area contributed by atoms with Crippen LogP contribution in [0.1, 0.15) is 40.2 Å². The maximum absolute atomic E-state index is 12.5. The van der Waals surface area contributed by atoms with Gasteiger partial charge in [0.05, 0.1) is 11.5 Å². The number of hydrogen-bond donors (Lipinski definition) is 1. The van der Waals surface area contributed by atoms with Crippen LogP contribution < -0.4 is 10.3 Å². The molecule has 0 aliphatic carbocycles. The Morgan fingerprint density at radius 2 is 1.96 bits per heavy atom. The molecular formula is C19H24ClN5OS. The van der Waals surface area contributed by atoms with Crippen LogP contribution in [0.25, 0.3) is 10.4 Å². The quantitative estimate of drug-likeness (QED) is 0.712. The number of carbonyl (C=O) groups is 1. The van der Waals surface area contributed by atoms with Crippen molar-refractivity contribution in [3.05, 3.63) is 22.2 Å². The molecule has 8 heteroatoms. The number of thiophene rings is 1. The van der Waals surface area contributed by atoms with Gasteiger partial charge in [0, 0.05) is 16.6 Å². The molecule has 0 bridgehead atoms. The van der Waals surface area contributed by atoms with Gasteiger partial charge in [-0.05, 0) is 50.6 Å². The topological polar surface area (TPSA) is 70.5 Å². The molecule has 2 aromatic heterocycles. The molecule has 0 aromatic carbocycles. The largest absolute Gasteiger partial charge is 0.367 e.